The predicted octanol–water partition coefficient (Wildman–Crippen LogP) is 2.19. The molecule has 2 N–H and O–H groups in total. The molecule has 0 saturated carbocycles. The number of nitrogens with zero attached hydrogens (tertiary/aromatic N) is 1. The molecular weight excluding hydrogens is 200 g/mol. The summed E-state index contributed by atoms with van der Waals surface area (Å²) in [5.41, 5.74) is 9.28. The molecule has 16 heavy (non-hydrogen) atoms. The molecule has 0 spiro atoms. The van der Waals surface area contributed by atoms with Crippen LogP contribution in [0.25, 0.3) is 0 Å². The number of benzene rings is 1. The first-order valence-corrected chi connectivity index (χ1v) is 5.82. The van der Waals surface area contributed by atoms with Gasteiger partial charge < -0.3 is 15.4 Å². The molecule has 1 fully saturated rings. The number of anilines is 2. The fraction of sp³-hybridized carbons (Fsp3) is 0.538. The van der Waals surface area contributed by atoms with Crippen LogP contribution in [0.3, 0.4) is 0 Å². The second kappa shape index (κ2) is 4.34. The van der Waals surface area contributed by atoms with Crippen molar-refractivity contribution in [1.29, 1.82) is 0 Å². The van der Waals surface area contributed by atoms with E-state index >= 15 is 0 Å². The van der Waals surface area contributed by atoms with Crippen molar-refractivity contribution >= 4 is 11.4 Å². The van der Waals surface area contributed by atoms with Crippen molar-refractivity contribution < 1.29 is 4.74 Å². The van der Waals surface area contributed by atoms with E-state index in [1.54, 1.807) is 0 Å². The molecule has 88 valence electrons. The lowest BCUT2D eigenvalue weighted by molar-refractivity contribution is 0.0344. The Hall–Kier alpha value is -1.22. The number of aryl methyl sites for hydroxylation is 1. The number of nitrogens with two attached hydrogens (primary N) is 1. The van der Waals surface area contributed by atoms with Gasteiger partial charge in [0.15, 0.2) is 0 Å². The summed E-state index contributed by atoms with van der Waals surface area (Å²) in [6, 6.07) is 6.64. The second-order valence-electron chi connectivity index (χ2n) is 4.71. The van der Waals surface area contributed by atoms with E-state index in [1.165, 1.54) is 5.56 Å². The van der Waals surface area contributed by atoms with Crippen LogP contribution in [0.15, 0.2) is 18.2 Å². The third-order valence-corrected chi connectivity index (χ3v) is 3.10. The standard InChI is InChI=1S/C13H20N2O/c1-9-4-5-13(12(14)6-9)15-7-11(3)16-8-10(15)2/h4-6,10-11H,7-8,14H2,1-3H3. The molecule has 0 aromatic heterocycles. The van der Waals surface area contributed by atoms with Crippen molar-refractivity contribution in [2.24, 2.45) is 0 Å². The van der Waals surface area contributed by atoms with Crippen LogP contribution < -0.4 is 10.6 Å². The van der Waals surface area contributed by atoms with Crippen molar-refractivity contribution in [3.8, 4) is 0 Å². The molecule has 2 atom stereocenters. The van der Waals surface area contributed by atoms with Gasteiger partial charge in [0.1, 0.15) is 0 Å². The number of hydrogen-bond acceptors (Lipinski definition) is 3. The number of hydrogen-bond donors (Lipinski definition) is 1. The Balaban J connectivity index is 2.28. The maximum Gasteiger partial charge on any atom is 0.0723 e. The minimum atomic E-state index is 0.275. The van der Waals surface area contributed by atoms with E-state index in [9.17, 15) is 0 Å². The third-order valence-electron chi connectivity index (χ3n) is 3.10. The highest BCUT2D eigenvalue weighted by Gasteiger charge is 2.24. The lowest BCUT2D eigenvalue weighted by Gasteiger charge is -2.39. The van der Waals surface area contributed by atoms with E-state index in [4.69, 9.17) is 10.5 Å². The molecule has 1 aromatic rings. The van der Waals surface area contributed by atoms with Crippen molar-refractivity contribution in [3.63, 3.8) is 0 Å². The average Bonchev–Trinajstić information content (AvgIpc) is 2.22. The molecule has 1 aliphatic rings. The minimum absolute atomic E-state index is 0.275. The molecular formula is C13H20N2O. The van der Waals surface area contributed by atoms with Gasteiger partial charge in [-0.15, -0.1) is 0 Å². The zero-order chi connectivity index (χ0) is 11.7. The Morgan fingerprint density at radius 2 is 2.12 bits per heavy atom. The van der Waals surface area contributed by atoms with Crippen molar-refractivity contribution in [3.05, 3.63) is 23.8 Å². The monoisotopic (exact) mass is 220 g/mol. The molecule has 0 amide bonds. The van der Waals surface area contributed by atoms with Crippen molar-refractivity contribution in [2.45, 2.75) is 32.9 Å². The summed E-state index contributed by atoms with van der Waals surface area (Å²) in [4.78, 5) is 2.34. The van der Waals surface area contributed by atoms with Gasteiger partial charge in [-0.3, -0.25) is 0 Å². The predicted molar refractivity (Wildman–Crippen MR) is 67.8 cm³/mol. The van der Waals surface area contributed by atoms with Gasteiger partial charge in [0.2, 0.25) is 0 Å². The highest BCUT2D eigenvalue weighted by atomic mass is 16.5. The quantitative estimate of drug-likeness (QED) is 0.737. The van der Waals surface area contributed by atoms with Crippen LogP contribution in [-0.2, 0) is 4.74 Å². The Morgan fingerprint density at radius 3 is 2.81 bits per heavy atom. The van der Waals surface area contributed by atoms with Crippen LogP contribution in [0.4, 0.5) is 11.4 Å². The van der Waals surface area contributed by atoms with E-state index in [1.807, 2.05) is 6.07 Å². The van der Waals surface area contributed by atoms with Gasteiger partial charge in [0, 0.05) is 12.6 Å². The van der Waals surface area contributed by atoms with Gasteiger partial charge in [0.25, 0.3) is 0 Å². The summed E-state index contributed by atoms with van der Waals surface area (Å²) in [7, 11) is 0. The fourth-order valence-corrected chi connectivity index (χ4v) is 2.17. The van der Waals surface area contributed by atoms with E-state index in [-0.39, 0.29) is 6.10 Å². The molecule has 1 saturated heterocycles. The molecule has 3 nitrogen and oxygen atoms in total. The lowest BCUT2D eigenvalue weighted by atomic mass is 10.1. The Morgan fingerprint density at radius 1 is 1.38 bits per heavy atom. The number of nitrogen functional groups attached to an aromatic ring is 1. The summed E-state index contributed by atoms with van der Waals surface area (Å²) in [5, 5.41) is 0. The Labute approximate surface area is 97.2 Å². The average molecular weight is 220 g/mol. The van der Waals surface area contributed by atoms with E-state index in [0.717, 1.165) is 24.5 Å². The van der Waals surface area contributed by atoms with E-state index < -0.39 is 0 Å². The van der Waals surface area contributed by atoms with E-state index in [2.05, 4.69) is 37.8 Å². The topological polar surface area (TPSA) is 38.5 Å². The molecule has 1 aromatic carbocycles. The summed E-state index contributed by atoms with van der Waals surface area (Å²) < 4.78 is 5.62. The normalized spacial score (nSPS) is 25.8. The molecule has 0 aliphatic carbocycles. The van der Waals surface area contributed by atoms with Gasteiger partial charge in [-0.2, -0.15) is 0 Å². The van der Waals surface area contributed by atoms with Crippen LogP contribution in [0.2, 0.25) is 0 Å². The summed E-state index contributed by atoms with van der Waals surface area (Å²) in [5.74, 6) is 0. The van der Waals surface area contributed by atoms with Gasteiger partial charge in [-0.05, 0) is 38.5 Å². The first-order valence-electron chi connectivity index (χ1n) is 5.82. The second-order valence-corrected chi connectivity index (χ2v) is 4.71. The molecule has 0 radical (unpaired) electrons. The molecule has 2 unspecified atom stereocenters. The first kappa shape index (κ1) is 11.3. The number of ether oxygens (including phenoxy) is 1. The van der Waals surface area contributed by atoms with Crippen LogP contribution in [0.1, 0.15) is 19.4 Å². The highest BCUT2D eigenvalue weighted by Crippen LogP contribution is 2.28. The minimum Gasteiger partial charge on any atom is -0.397 e. The first-order chi connectivity index (χ1) is 7.58. The van der Waals surface area contributed by atoms with Crippen LogP contribution in [0, 0.1) is 6.92 Å². The molecule has 3 heteroatoms. The molecule has 1 heterocycles. The Bertz CT molecular complexity index is 378. The zero-order valence-electron chi connectivity index (χ0n) is 10.2. The molecule has 0 bridgehead atoms. The number of rotatable bonds is 1. The molecule has 1 aliphatic heterocycles. The van der Waals surface area contributed by atoms with Gasteiger partial charge >= 0.3 is 0 Å². The largest absolute Gasteiger partial charge is 0.397 e. The van der Waals surface area contributed by atoms with Crippen LogP contribution in [-0.4, -0.2) is 25.3 Å². The Kier molecular flexibility index (Phi) is 3.06. The fourth-order valence-electron chi connectivity index (χ4n) is 2.17. The van der Waals surface area contributed by atoms with Crippen LogP contribution >= 0.6 is 0 Å². The lowest BCUT2D eigenvalue weighted by Crippen LogP contribution is -2.47. The summed E-state index contributed by atoms with van der Waals surface area (Å²) >= 11 is 0. The third kappa shape index (κ3) is 2.14. The SMILES string of the molecule is Cc1ccc(N2CC(C)OCC2C)c(N)c1. The van der Waals surface area contributed by atoms with E-state index in [0.29, 0.717) is 6.04 Å². The maximum absolute atomic E-state index is 6.08. The molecule has 2 rings (SSSR count). The van der Waals surface area contributed by atoms with Gasteiger partial charge in [0.05, 0.1) is 24.1 Å². The van der Waals surface area contributed by atoms with Crippen molar-refractivity contribution in [2.75, 3.05) is 23.8 Å². The van der Waals surface area contributed by atoms with Crippen LogP contribution in [0.5, 0.6) is 0 Å². The van der Waals surface area contributed by atoms with Gasteiger partial charge in [-0.25, -0.2) is 0 Å². The van der Waals surface area contributed by atoms with Crippen molar-refractivity contribution in [1.82, 2.24) is 0 Å². The highest BCUT2D eigenvalue weighted by molar-refractivity contribution is 5.69. The summed E-state index contributed by atoms with van der Waals surface area (Å²) in [6.07, 6.45) is 0.275. The maximum atomic E-state index is 6.08. The van der Waals surface area contributed by atoms with Gasteiger partial charge in [-0.1, -0.05) is 6.07 Å². The smallest absolute Gasteiger partial charge is 0.0723 e. The zero-order valence-corrected chi connectivity index (χ0v) is 10.2. The number of morpholine rings is 1. The summed E-state index contributed by atoms with van der Waals surface area (Å²) in [6.45, 7) is 8.02.